The number of nitrogens with one attached hydrogen (secondary N) is 1. The number of benzene rings is 1. The van der Waals surface area contributed by atoms with Crippen LogP contribution < -0.4 is 10.1 Å². The Hall–Kier alpha value is -1.27. The lowest BCUT2D eigenvalue weighted by atomic mass is 10.2. The summed E-state index contributed by atoms with van der Waals surface area (Å²) in [7, 11) is 0. The molecule has 6 heteroatoms. The van der Waals surface area contributed by atoms with Crippen LogP contribution in [-0.4, -0.2) is 29.6 Å². The first kappa shape index (κ1) is 17.8. The van der Waals surface area contributed by atoms with Crippen LogP contribution in [0.1, 0.15) is 32.3 Å². The van der Waals surface area contributed by atoms with Gasteiger partial charge in [-0.05, 0) is 42.5 Å². The van der Waals surface area contributed by atoms with Crippen molar-refractivity contribution in [1.82, 2.24) is 5.32 Å². The number of rotatable bonds is 11. The monoisotopic (exact) mass is 312 g/mol. The average Bonchev–Trinajstić information content (AvgIpc) is 2.48. The Morgan fingerprint density at radius 1 is 1.38 bits per heavy atom. The predicted octanol–water partition coefficient (Wildman–Crippen LogP) is 3.62. The number of nitrogens with zero attached hydrogens (tertiary/aromatic N) is 1. The fraction of sp³-hybridized carbons (Fsp3) is 0.600. The molecule has 0 heterocycles. The fourth-order valence-electron chi connectivity index (χ4n) is 1.83. The minimum atomic E-state index is -0.376. The van der Waals surface area contributed by atoms with E-state index >= 15 is 0 Å². The first-order valence-corrected chi connectivity index (χ1v) is 8.53. The van der Waals surface area contributed by atoms with Crippen molar-refractivity contribution in [2.45, 2.75) is 33.2 Å². The highest BCUT2D eigenvalue weighted by Gasteiger charge is 2.15. The maximum Gasteiger partial charge on any atom is 0.311 e. The molecule has 0 bridgehead atoms. The molecular weight excluding hydrogens is 288 g/mol. The van der Waals surface area contributed by atoms with Crippen molar-refractivity contribution in [3.05, 3.63) is 33.9 Å². The molecule has 0 aliphatic heterocycles. The van der Waals surface area contributed by atoms with Crippen molar-refractivity contribution in [2.75, 3.05) is 24.7 Å². The Labute approximate surface area is 130 Å². The highest BCUT2D eigenvalue weighted by Crippen LogP contribution is 2.28. The number of hydrogen-bond acceptors (Lipinski definition) is 5. The SMILES string of the molecule is CCCNCc1ccc(OCCCSCC)c([N+](=O)[O-])c1. The molecule has 0 aromatic heterocycles. The Morgan fingerprint density at radius 2 is 2.19 bits per heavy atom. The minimum Gasteiger partial charge on any atom is -0.487 e. The molecule has 0 saturated carbocycles. The molecule has 0 spiro atoms. The van der Waals surface area contributed by atoms with Crippen LogP contribution in [0.2, 0.25) is 0 Å². The number of thioether (sulfide) groups is 1. The first-order chi connectivity index (χ1) is 10.2. The Morgan fingerprint density at radius 3 is 2.86 bits per heavy atom. The van der Waals surface area contributed by atoms with E-state index in [9.17, 15) is 10.1 Å². The highest BCUT2D eigenvalue weighted by atomic mass is 32.2. The molecule has 21 heavy (non-hydrogen) atoms. The van der Waals surface area contributed by atoms with Gasteiger partial charge in [-0.1, -0.05) is 19.9 Å². The van der Waals surface area contributed by atoms with E-state index < -0.39 is 0 Å². The molecule has 1 aromatic rings. The van der Waals surface area contributed by atoms with E-state index in [2.05, 4.69) is 19.2 Å². The molecule has 0 atom stereocenters. The molecule has 0 aliphatic carbocycles. The molecule has 1 N–H and O–H groups in total. The van der Waals surface area contributed by atoms with Crippen LogP contribution in [0.4, 0.5) is 5.69 Å². The van der Waals surface area contributed by atoms with Crippen LogP contribution in [0, 0.1) is 10.1 Å². The summed E-state index contributed by atoms with van der Waals surface area (Å²) in [4.78, 5) is 10.8. The zero-order valence-corrected chi connectivity index (χ0v) is 13.6. The summed E-state index contributed by atoms with van der Waals surface area (Å²) < 4.78 is 5.55. The van der Waals surface area contributed by atoms with Crippen molar-refractivity contribution in [1.29, 1.82) is 0 Å². The maximum absolute atomic E-state index is 11.1. The minimum absolute atomic E-state index is 0.0499. The van der Waals surface area contributed by atoms with Crippen LogP contribution >= 0.6 is 11.8 Å². The van der Waals surface area contributed by atoms with Gasteiger partial charge in [-0.3, -0.25) is 10.1 Å². The van der Waals surface area contributed by atoms with Gasteiger partial charge in [0.05, 0.1) is 11.5 Å². The third kappa shape index (κ3) is 6.82. The van der Waals surface area contributed by atoms with Gasteiger partial charge in [0.25, 0.3) is 0 Å². The van der Waals surface area contributed by atoms with Crippen LogP contribution in [0.25, 0.3) is 0 Å². The predicted molar refractivity (Wildman–Crippen MR) is 88.2 cm³/mol. The molecule has 1 aromatic carbocycles. The van der Waals surface area contributed by atoms with E-state index in [0.717, 1.165) is 36.5 Å². The van der Waals surface area contributed by atoms with Crippen molar-refractivity contribution < 1.29 is 9.66 Å². The molecular formula is C15H24N2O3S. The number of nitro benzene ring substituents is 1. The van der Waals surface area contributed by atoms with Crippen LogP contribution in [0.5, 0.6) is 5.75 Å². The molecule has 0 aliphatic rings. The summed E-state index contributed by atoms with van der Waals surface area (Å²) in [6.45, 7) is 6.26. The van der Waals surface area contributed by atoms with E-state index in [-0.39, 0.29) is 10.6 Å². The van der Waals surface area contributed by atoms with Crippen LogP contribution in [0.3, 0.4) is 0 Å². The standard InChI is InChI=1S/C15H24N2O3S/c1-3-8-16-12-13-6-7-15(14(11-13)17(18)19)20-9-5-10-21-4-2/h6-7,11,16H,3-5,8-10,12H2,1-2H3. The van der Waals surface area contributed by atoms with Gasteiger partial charge in [0.1, 0.15) is 0 Å². The molecule has 118 valence electrons. The van der Waals surface area contributed by atoms with Gasteiger partial charge in [-0.2, -0.15) is 11.8 Å². The second-order valence-corrected chi connectivity index (χ2v) is 6.03. The molecule has 0 amide bonds. The van der Waals surface area contributed by atoms with E-state index in [1.807, 2.05) is 17.8 Å². The van der Waals surface area contributed by atoms with Gasteiger partial charge in [-0.15, -0.1) is 0 Å². The maximum atomic E-state index is 11.1. The van der Waals surface area contributed by atoms with E-state index in [4.69, 9.17) is 4.74 Å². The Bertz CT molecular complexity index is 441. The zero-order chi connectivity index (χ0) is 15.5. The second-order valence-electron chi connectivity index (χ2n) is 4.63. The number of hydrogen-bond donors (Lipinski definition) is 1. The summed E-state index contributed by atoms with van der Waals surface area (Å²) >= 11 is 1.85. The quantitative estimate of drug-likeness (QED) is 0.384. The van der Waals surface area contributed by atoms with Gasteiger partial charge in [0.15, 0.2) is 5.75 Å². The smallest absolute Gasteiger partial charge is 0.311 e. The van der Waals surface area contributed by atoms with Crippen LogP contribution in [-0.2, 0) is 6.54 Å². The number of nitro groups is 1. The lowest BCUT2D eigenvalue weighted by Crippen LogP contribution is -2.14. The van der Waals surface area contributed by atoms with E-state index in [1.54, 1.807) is 12.1 Å². The van der Waals surface area contributed by atoms with Crippen molar-refractivity contribution in [2.24, 2.45) is 0 Å². The normalized spacial score (nSPS) is 10.6. The third-order valence-corrected chi connectivity index (χ3v) is 3.86. The molecule has 1 rings (SSSR count). The third-order valence-electron chi connectivity index (χ3n) is 2.87. The lowest BCUT2D eigenvalue weighted by Gasteiger charge is -2.09. The van der Waals surface area contributed by atoms with Gasteiger partial charge in [0.2, 0.25) is 0 Å². The van der Waals surface area contributed by atoms with Crippen LogP contribution in [0.15, 0.2) is 18.2 Å². The second kappa shape index (κ2) is 10.5. The summed E-state index contributed by atoms with van der Waals surface area (Å²) in [5.74, 6) is 2.46. The Balaban J connectivity index is 2.59. The Kier molecular flexibility index (Phi) is 8.85. The first-order valence-electron chi connectivity index (χ1n) is 7.37. The largest absolute Gasteiger partial charge is 0.487 e. The lowest BCUT2D eigenvalue weighted by molar-refractivity contribution is -0.385. The fourth-order valence-corrected chi connectivity index (χ4v) is 2.45. The molecule has 0 saturated heterocycles. The van der Waals surface area contributed by atoms with Crippen molar-refractivity contribution in [3.63, 3.8) is 0 Å². The van der Waals surface area contributed by atoms with Gasteiger partial charge in [0, 0.05) is 12.6 Å². The van der Waals surface area contributed by atoms with Crippen molar-refractivity contribution >= 4 is 17.4 Å². The molecule has 0 fully saturated rings. The van der Waals surface area contributed by atoms with E-state index in [0.29, 0.717) is 18.9 Å². The van der Waals surface area contributed by atoms with Gasteiger partial charge < -0.3 is 10.1 Å². The molecule has 5 nitrogen and oxygen atoms in total. The van der Waals surface area contributed by atoms with E-state index in [1.165, 1.54) is 0 Å². The summed E-state index contributed by atoms with van der Waals surface area (Å²) in [5.41, 5.74) is 0.956. The zero-order valence-electron chi connectivity index (χ0n) is 12.8. The average molecular weight is 312 g/mol. The number of ether oxygens (including phenoxy) is 1. The molecule has 0 unspecified atom stereocenters. The summed E-state index contributed by atoms with van der Waals surface area (Å²) in [6.07, 6.45) is 1.94. The highest BCUT2D eigenvalue weighted by molar-refractivity contribution is 7.99. The topological polar surface area (TPSA) is 64.4 Å². The van der Waals surface area contributed by atoms with Gasteiger partial charge in [-0.25, -0.2) is 0 Å². The van der Waals surface area contributed by atoms with Gasteiger partial charge >= 0.3 is 5.69 Å². The summed E-state index contributed by atoms with van der Waals surface area (Å²) in [6, 6.07) is 5.18. The molecule has 0 radical (unpaired) electrons. The van der Waals surface area contributed by atoms with Crippen molar-refractivity contribution in [3.8, 4) is 5.75 Å². The summed E-state index contributed by atoms with van der Waals surface area (Å²) in [5, 5.41) is 14.4.